The van der Waals surface area contributed by atoms with E-state index in [9.17, 15) is 13.2 Å². The molecular formula is C16H19N3O4S2. The topological polar surface area (TPSA) is 97.4 Å². The summed E-state index contributed by atoms with van der Waals surface area (Å²) in [7, 11) is -3.22. The number of sulfone groups is 1. The Morgan fingerprint density at radius 1 is 1.36 bits per heavy atom. The van der Waals surface area contributed by atoms with Crippen molar-refractivity contribution in [2.24, 2.45) is 0 Å². The number of amides is 1. The summed E-state index contributed by atoms with van der Waals surface area (Å²) in [5.74, 6) is -0.229. The highest BCUT2D eigenvalue weighted by Crippen LogP contribution is 2.22. The highest BCUT2D eigenvalue weighted by atomic mass is 32.2. The van der Waals surface area contributed by atoms with Crippen LogP contribution in [-0.2, 0) is 14.6 Å². The van der Waals surface area contributed by atoms with Crippen LogP contribution in [0.4, 0.5) is 10.8 Å². The molecule has 2 N–H and O–H groups in total. The smallest absolute Gasteiger partial charge is 0.270 e. The van der Waals surface area contributed by atoms with Gasteiger partial charge in [0.15, 0.2) is 15.0 Å². The minimum absolute atomic E-state index is 0.0912. The zero-order chi connectivity index (χ0) is 17.9. The molecule has 1 aliphatic rings. The maximum atomic E-state index is 12.1. The van der Waals surface area contributed by atoms with Crippen molar-refractivity contribution in [1.29, 1.82) is 0 Å². The molecule has 0 spiro atoms. The van der Waals surface area contributed by atoms with Gasteiger partial charge in [0, 0.05) is 30.5 Å². The average molecular weight is 381 g/mol. The molecular weight excluding hydrogens is 362 g/mol. The van der Waals surface area contributed by atoms with Gasteiger partial charge in [-0.15, -0.1) is 11.3 Å². The van der Waals surface area contributed by atoms with Gasteiger partial charge < -0.3 is 15.4 Å². The molecule has 3 rings (SSSR count). The summed E-state index contributed by atoms with van der Waals surface area (Å²) >= 11 is 1.31. The highest BCUT2D eigenvalue weighted by Gasteiger charge is 2.18. The minimum atomic E-state index is -3.22. The molecule has 1 amide bonds. The molecule has 1 aromatic heterocycles. The van der Waals surface area contributed by atoms with Gasteiger partial charge in [-0.25, -0.2) is 13.4 Å². The van der Waals surface area contributed by atoms with Crippen LogP contribution in [-0.4, -0.2) is 44.8 Å². The maximum Gasteiger partial charge on any atom is 0.270 e. The Morgan fingerprint density at radius 3 is 2.76 bits per heavy atom. The van der Waals surface area contributed by atoms with Gasteiger partial charge in [0.25, 0.3) is 5.91 Å². The number of thiazole rings is 1. The van der Waals surface area contributed by atoms with E-state index in [1.807, 2.05) is 0 Å². The Kier molecular flexibility index (Phi) is 5.36. The van der Waals surface area contributed by atoms with E-state index < -0.39 is 9.84 Å². The van der Waals surface area contributed by atoms with Crippen LogP contribution in [0.25, 0.3) is 0 Å². The zero-order valence-corrected chi connectivity index (χ0v) is 15.3. The fourth-order valence-electron chi connectivity index (χ4n) is 2.45. The lowest BCUT2D eigenvalue weighted by Gasteiger charge is -2.09. The van der Waals surface area contributed by atoms with E-state index in [4.69, 9.17) is 4.74 Å². The van der Waals surface area contributed by atoms with Crippen molar-refractivity contribution in [1.82, 2.24) is 10.3 Å². The number of carbonyl (C=O) groups is 1. The number of ether oxygens (including phenoxy) is 1. The Labute approximate surface area is 150 Å². The van der Waals surface area contributed by atoms with E-state index in [0.717, 1.165) is 25.7 Å². The number of rotatable bonds is 6. The summed E-state index contributed by atoms with van der Waals surface area (Å²) in [6.07, 6.45) is 3.25. The summed E-state index contributed by atoms with van der Waals surface area (Å²) in [6.45, 7) is 1.25. The van der Waals surface area contributed by atoms with E-state index in [1.54, 1.807) is 17.5 Å². The molecule has 1 aromatic carbocycles. The van der Waals surface area contributed by atoms with Crippen molar-refractivity contribution in [3.63, 3.8) is 0 Å². The standard InChI is InChI=1S/C16H19N3O4S2/c1-25(21,22)13-6-4-11(5-7-13)18-16-19-14(10-24-16)15(20)17-9-12-3-2-8-23-12/h4-7,10,12H,2-3,8-9H2,1H3,(H,17,20)(H,18,19). The molecule has 0 bridgehead atoms. The average Bonchev–Trinajstić information content (AvgIpc) is 3.24. The number of anilines is 2. The molecule has 1 aliphatic heterocycles. The second-order valence-electron chi connectivity index (χ2n) is 5.80. The molecule has 1 atom stereocenters. The van der Waals surface area contributed by atoms with Gasteiger partial charge in [0.05, 0.1) is 11.0 Å². The van der Waals surface area contributed by atoms with E-state index >= 15 is 0 Å². The maximum absolute atomic E-state index is 12.1. The van der Waals surface area contributed by atoms with Crippen LogP contribution in [0.3, 0.4) is 0 Å². The zero-order valence-electron chi connectivity index (χ0n) is 13.7. The van der Waals surface area contributed by atoms with Crippen LogP contribution >= 0.6 is 11.3 Å². The number of hydrogen-bond donors (Lipinski definition) is 2. The molecule has 1 unspecified atom stereocenters. The Hall–Kier alpha value is -1.97. The summed E-state index contributed by atoms with van der Waals surface area (Å²) in [6, 6.07) is 6.38. The molecule has 0 saturated carbocycles. The fourth-order valence-corrected chi connectivity index (χ4v) is 3.79. The molecule has 25 heavy (non-hydrogen) atoms. The lowest BCUT2D eigenvalue weighted by molar-refractivity contribution is 0.0854. The SMILES string of the molecule is CS(=O)(=O)c1ccc(Nc2nc(C(=O)NCC3CCCO3)cs2)cc1. The number of hydrogen-bond acceptors (Lipinski definition) is 7. The van der Waals surface area contributed by atoms with E-state index in [-0.39, 0.29) is 16.9 Å². The van der Waals surface area contributed by atoms with Gasteiger partial charge in [-0.2, -0.15) is 0 Å². The molecule has 2 aromatic rings. The van der Waals surface area contributed by atoms with Gasteiger partial charge >= 0.3 is 0 Å². The fraction of sp³-hybridized carbons (Fsp3) is 0.375. The molecule has 134 valence electrons. The van der Waals surface area contributed by atoms with Crippen LogP contribution in [0.1, 0.15) is 23.3 Å². The first-order valence-electron chi connectivity index (χ1n) is 7.84. The molecule has 0 radical (unpaired) electrons. The third-order valence-corrected chi connectivity index (χ3v) is 5.67. The quantitative estimate of drug-likeness (QED) is 0.796. The first-order valence-corrected chi connectivity index (χ1v) is 10.6. The van der Waals surface area contributed by atoms with Gasteiger partial charge in [0.1, 0.15) is 5.69 Å². The number of nitrogens with zero attached hydrogens (tertiary/aromatic N) is 1. The van der Waals surface area contributed by atoms with Crippen LogP contribution in [0.2, 0.25) is 0 Å². The van der Waals surface area contributed by atoms with Crippen LogP contribution in [0.5, 0.6) is 0 Å². The number of carbonyl (C=O) groups excluding carboxylic acids is 1. The van der Waals surface area contributed by atoms with E-state index in [2.05, 4.69) is 15.6 Å². The molecule has 2 heterocycles. The van der Waals surface area contributed by atoms with Crippen molar-refractivity contribution in [3.05, 3.63) is 35.3 Å². The minimum Gasteiger partial charge on any atom is -0.376 e. The lowest BCUT2D eigenvalue weighted by atomic mass is 10.2. The van der Waals surface area contributed by atoms with E-state index in [0.29, 0.717) is 23.1 Å². The first-order chi connectivity index (χ1) is 11.9. The van der Waals surface area contributed by atoms with Crippen molar-refractivity contribution < 1.29 is 17.9 Å². The molecule has 7 nitrogen and oxygen atoms in total. The second kappa shape index (κ2) is 7.51. The van der Waals surface area contributed by atoms with Gasteiger partial charge in [0.2, 0.25) is 0 Å². The van der Waals surface area contributed by atoms with Gasteiger partial charge in [-0.05, 0) is 37.1 Å². The van der Waals surface area contributed by atoms with Crippen LogP contribution in [0, 0.1) is 0 Å². The van der Waals surface area contributed by atoms with Crippen molar-refractivity contribution in [2.45, 2.75) is 23.8 Å². The summed E-state index contributed by atoms with van der Waals surface area (Å²) in [5.41, 5.74) is 1.05. The second-order valence-corrected chi connectivity index (χ2v) is 8.68. The molecule has 0 aliphatic carbocycles. The third kappa shape index (κ3) is 4.77. The first kappa shape index (κ1) is 17.8. The normalized spacial score (nSPS) is 17.4. The van der Waals surface area contributed by atoms with E-state index in [1.165, 1.54) is 23.5 Å². The Balaban J connectivity index is 1.58. The summed E-state index contributed by atoms with van der Waals surface area (Å²) in [5, 5.41) is 8.13. The monoisotopic (exact) mass is 381 g/mol. The lowest BCUT2D eigenvalue weighted by Crippen LogP contribution is -2.31. The van der Waals surface area contributed by atoms with Gasteiger partial charge in [-0.1, -0.05) is 0 Å². The van der Waals surface area contributed by atoms with Gasteiger partial charge in [-0.3, -0.25) is 4.79 Å². The third-order valence-electron chi connectivity index (χ3n) is 3.78. The molecule has 1 fully saturated rings. The predicted octanol–water partition coefficient (Wildman–Crippen LogP) is 2.20. The molecule has 9 heteroatoms. The number of benzene rings is 1. The van der Waals surface area contributed by atoms with Crippen LogP contribution < -0.4 is 10.6 Å². The van der Waals surface area contributed by atoms with Crippen molar-refractivity contribution in [2.75, 3.05) is 24.7 Å². The highest BCUT2D eigenvalue weighted by molar-refractivity contribution is 7.90. The summed E-state index contributed by atoms with van der Waals surface area (Å²) in [4.78, 5) is 16.6. The summed E-state index contributed by atoms with van der Waals surface area (Å²) < 4.78 is 28.4. The Bertz CT molecular complexity index is 841. The predicted molar refractivity (Wildman–Crippen MR) is 96.3 cm³/mol. The largest absolute Gasteiger partial charge is 0.376 e. The van der Waals surface area contributed by atoms with Crippen LogP contribution in [0.15, 0.2) is 34.5 Å². The number of aromatic nitrogens is 1. The van der Waals surface area contributed by atoms with Crippen molar-refractivity contribution in [3.8, 4) is 0 Å². The molecule has 1 saturated heterocycles. The Morgan fingerprint density at radius 2 is 2.12 bits per heavy atom. The number of nitrogens with one attached hydrogen (secondary N) is 2. The van der Waals surface area contributed by atoms with Crippen molar-refractivity contribution >= 4 is 37.9 Å².